The summed E-state index contributed by atoms with van der Waals surface area (Å²) >= 11 is 0. The Kier molecular flexibility index (Phi) is 5.35. The topological polar surface area (TPSA) is 71.4 Å². The van der Waals surface area contributed by atoms with Crippen LogP contribution in [0, 0.1) is 0 Å². The lowest BCUT2D eigenvalue weighted by Crippen LogP contribution is -2.30. The van der Waals surface area contributed by atoms with Crippen molar-refractivity contribution < 1.29 is 9.59 Å². The highest BCUT2D eigenvalue weighted by atomic mass is 16.2. The molecular weight excluding hydrogens is 282 g/mol. The lowest BCUT2D eigenvalue weighted by atomic mass is 10.2. The number of hydrogen-bond acceptors (Lipinski definition) is 3. The van der Waals surface area contributed by atoms with Crippen molar-refractivity contribution in [3.63, 3.8) is 0 Å². The van der Waals surface area contributed by atoms with Gasteiger partial charge in [-0.2, -0.15) is 0 Å². The molecule has 1 aromatic heterocycles. The molecule has 0 aliphatic carbocycles. The highest BCUT2D eigenvalue weighted by Gasteiger charge is 2.21. The first kappa shape index (κ1) is 16.3. The van der Waals surface area contributed by atoms with Crippen molar-refractivity contribution in [1.82, 2.24) is 9.47 Å². The maximum atomic E-state index is 12.4. The maximum Gasteiger partial charge on any atom is 0.274 e. The molecule has 1 saturated heterocycles. The maximum absolute atomic E-state index is 12.4. The Morgan fingerprint density at radius 1 is 1.27 bits per heavy atom. The first-order valence-corrected chi connectivity index (χ1v) is 7.82. The molecule has 0 unspecified atom stereocenters. The van der Waals surface area contributed by atoms with Gasteiger partial charge in [-0.05, 0) is 25.3 Å². The van der Waals surface area contributed by atoms with Gasteiger partial charge < -0.3 is 14.8 Å². The molecule has 0 aromatic carbocycles. The Hall–Kier alpha value is -2.11. The smallest absolute Gasteiger partial charge is 0.274 e. The molecule has 1 N–H and O–H groups in total. The predicted molar refractivity (Wildman–Crippen MR) is 85.0 cm³/mol. The van der Waals surface area contributed by atoms with Gasteiger partial charge in [-0.1, -0.05) is 13.3 Å². The second kappa shape index (κ2) is 7.24. The monoisotopic (exact) mass is 305 g/mol. The van der Waals surface area contributed by atoms with Gasteiger partial charge in [0.2, 0.25) is 5.91 Å². The van der Waals surface area contributed by atoms with Crippen molar-refractivity contribution >= 4 is 17.5 Å². The molecular formula is C16H23N3O3. The molecule has 2 amide bonds. The minimum Gasteiger partial charge on any atom is -0.339 e. The normalized spacial score (nSPS) is 14.2. The Labute approximate surface area is 130 Å². The van der Waals surface area contributed by atoms with E-state index in [9.17, 15) is 14.4 Å². The number of carbonyl (C=O) groups excluding carboxylic acids is 2. The Morgan fingerprint density at radius 2 is 1.95 bits per heavy atom. The van der Waals surface area contributed by atoms with E-state index in [1.54, 1.807) is 11.9 Å². The number of aryl methyl sites for hydroxylation is 1. The van der Waals surface area contributed by atoms with Gasteiger partial charge in [0.15, 0.2) is 0 Å². The molecule has 0 saturated carbocycles. The quantitative estimate of drug-likeness (QED) is 0.901. The van der Waals surface area contributed by atoms with Crippen molar-refractivity contribution in [2.75, 3.05) is 18.4 Å². The van der Waals surface area contributed by atoms with E-state index >= 15 is 0 Å². The van der Waals surface area contributed by atoms with Crippen LogP contribution < -0.4 is 10.9 Å². The van der Waals surface area contributed by atoms with E-state index in [1.807, 2.05) is 6.92 Å². The number of pyridine rings is 1. The van der Waals surface area contributed by atoms with Gasteiger partial charge in [0, 0.05) is 32.8 Å². The van der Waals surface area contributed by atoms with E-state index in [0.717, 1.165) is 38.8 Å². The number of hydrogen-bond donors (Lipinski definition) is 1. The average molecular weight is 305 g/mol. The molecule has 0 spiro atoms. The predicted octanol–water partition coefficient (Wildman–Crippen LogP) is 1.75. The van der Waals surface area contributed by atoms with E-state index in [2.05, 4.69) is 5.32 Å². The van der Waals surface area contributed by atoms with Crippen LogP contribution in [-0.2, 0) is 11.8 Å². The van der Waals surface area contributed by atoms with E-state index in [0.29, 0.717) is 12.0 Å². The standard InChI is InChI=1S/C16H23N3O3/c1-3-4-7-14(20)17-13-10-12(11-18(2)16(13)22)15(21)19-8-5-6-9-19/h10-11H,3-9H2,1-2H3,(H,17,20). The van der Waals surface area contributed by atoms with E-state index in [-0.39, 0.29) is 23.1 Å². The SMILES string of the molecule is CCCCC(=O)Nc1cc(C(=O)N2CCCC2)cn(C)c1=O. The number of amides is 2. The molecule has 2 rings (SSSR count). The fourth-order valence-electron chi connectivity index (χ4n) is 2.57. The summed E-state index contributed by atoms with van der Waals surface area (Å²) in [5, 5.41) is 2.63. The molecule has 0 radical (unpaired) electrons. The van der Waals surface area contributed by atoms with Gasteiger partial charge in [0.05, 0.1) is 5.56 Å². The summed E-state index contributed by atoms with van der Waals surface area (Å²) in [4.78, 5) is 38.1. The van der Waals surface area contributed by atoms with Crippen LogP contribution in [0.15, 0.2) is 17.1 Å². The summed E-state index contributed by atoms with van der Waals surface area (Å²) in [5.74, 6) is -0.276. The first-order valence-electron chi connectivity index (χ1n) is 7.82. The van der Waals surface area contributed by atoms with Crippen molar-refractivity contribution in [3.05, 3.63) is 28.2 Å². The molecule has 1 fully saturated rings. The van der Waals surface area contributed by atoms with Crippen LogP contribution in [0.5, 0.6) is 0 Å². The van der Waals surface area contributed by atoms with Crippen LogP contribution in [0.25, 0.3) is 0 Å². The lowest BCUT2D eigenvalue weighted by molar-refractivity contribution is -0.116. The van der Waals surface area contributed by atoms with Crippen molar-refractivity contribution in [2.24, 2.45) is 7.05 Å². The van der Waals surface area contributed by atoms with Crippen molar-refractivity contribution in [2.45, 2.75) is 39.0 Å². The van der Waals surface area contributed by atoms with Crippen LogP contribution in [0.1, 0.15) is 49.4 Å². The number of nitrogens with zero attached hydrogens (tertiary/aromatic N) is 2. The molecule has 6 nitrogen and oxygen atoms in total. The number of nitrogens with one attached hydrogen (secondary N) is 1. The van der Waals surface area contributed by atoms with Crippen LogP contribution >= 0.6 is 0 Å². The van der Waals surface area contributed by atoms with E-state index in [4.69, 9.17) is 0 Å². The summed E-state index contributed by atoms with van der Waals surface area (Å²) in [5.41, 5.74) is 0.311. The molecule has 1 aliphatic rings. The van der Waals surface area contributed by atoms with Gasteiger partial charge >= 0.3 is 0 Å². The van der Waals surface area contributed by atoms with Crippen molar-refractivity contribution in [3.8, 4) is 0 Å². The van der Waals surface area contributed by atoms with Crippen LogP contribution in [0.2, 0.25) is 0 Å². The van der Waals surface area contributed by atoms with Crippen molar-refractivity contribution in [1.29, 1.82) is 0 Å². The average Bonchev–Trinajstić information content (AvgIpc) is 3.03. The second-order valence-electron chi connectivity index (χ2n) is 5.71. The third-order valence-corrected chi connectivity index (χ3v) is 3.86. The minimum absolute atomic E-state index is 0.0860. The zero-order valence-corrected chi connectivity index (χ0v) is 13.2. The zero-order valence-electron chi connectivity index (χ0n) is 13.2. The minimum atomic E-state index is -0.303. The zero-order chi connectivity index (χ0) is 16.1. The van der Waals surface area contributed by atoms with E-state index in [1.165, 1.54) is 16.8 Å². The number of unbranched alkanes of at least 4 members (excludes halogenated alkanes) is 1. The van der Waals surface area contributed by atoms with Gasteiger partial charge in [-0.25, -0.2) is 0 Å². The molecule has 6 heteroatoms. The summed E-state index contributed by atoms with van der Waals surface area (Å²) in [6, 6.07) is 1.49. The number of carbonyl (C=O) groups is 2. The molecule has 1 aliphatic heterocycles. The third kappa shape index (κ3) is 3.75. The van der Waals surface area contributed by atoms with Gasteiger partial charge in [0.25, 0.3) is 11.5 Å². The number of aromatic nitrogens is 1. The highest BCUT2D eigenvalue weighted by molar-refractivity contribution is 5.96. The molecule has 22 heavy (non-hydrogen) atoms. The number of likely N-dealkylation sites (tertiary alicyclic amines) is 1. The fraction of sp³-hybridized carbons (Fsp3) is 0.562. The first-order chi connectivity index (χ1) is 10.5. The van der Waals surface area contributed by atoms with Gasteiger partial charge in [0.1, 0.15) is 5.69 Å². The molecule has 120 valence electrons. The summed E-state index contributed by atoms with van der Waals surface area (Å²) in [6.45, 7) is 3.50. The molecule has 0 atom stereocenters. The third-order valence-electron chi connectivity index (χ3n) is 3.86. The van der Waals surface area contributed by atoms with Crippen LogP contribution in [-0.4, -0.2) is 34.4 Å². The molecule has 0 bridgehead atoms. The fourth-order valence-corrected chi connectivity index (χ4v) is 2.57. The number of rotatable bonds is 5. The largest absolute Gasteiger partial charge is 0.339 e. The second-order valence-corrected chi connectivity index (χ2v) is 5.71. The number of anilines is 1. The van der Waals surface area contributed by atoms with Gasteiger partial charge in [-0.15, -0.1) is 0 Å². The summed E-state index contributed by atoms with van der Waals surface area (Å²) in [7, 11) is 1.59. The molecule has 1 aromatic rings. The lowest BCUT2D eigenvalue weighted by Gasteiger charge is -2.16. The summed E-state index contributed by atoms with van der Waals surface area (Å²) in [6.07, 6.45) is 5.63. The highest BCUT2D eigenvalue weighted by Crippen LogP contribution is 2.14. The van der Waals surface area contributed by atoms with Gasteiger partial charge in [-0.3, -0.25) is 14.4 Å². The summed E-state index contributed by atoms with van der Waals surface area (Å²) < 4.78 is 1.35. The molecule has 2 heterocycles. The Bertz CT molecular complexity index is 616. The Balaban J connectivity index is 2.21. The van der Waals surface area contributed by atoms with Crippen LogP contribution in [0.3, 0.4) is 0 Å². The Morgan fingerprint density at radius 3 is 2.59 bits per heavy atom. The van der Waals surface area contributed by atoms with E-state index < -0.39 is 0 Å². The van der Waals surface area contributed by atoms with Crippen LogP contribution in [0.4, 0.5) is 5.69 Å².